The van der Waals surface area contributed by atoms with E-state index in [1.807, 2.05) is 24.3 Å². The van der Waals surface area contributed by atoms with Crippen LogP contribution in [0.4, 0.5) is 0 Å². The number of benzene rings is 1. The van der Waals surface area contributed by atoms with Crippen LogP contribution in [0.3, 0.4) is 0 Å². The van der Waals surface area contributed by atoms with Crippen LogP contribution in [0.1, 0.15) is 5.56 Å². The Morgan fingerprint density at radius 3 is 2.53 bits per heavy atom. The standard InChI is InChI=1S/C11H8BrIN2O2/c12-9-6-15(11(17)14-10(9)16)5-7-1-3-8(13)4-2-7/h1-4,6H,5H2,(H,14,16,17). The Balaban J connectivity index is 2.36. The van der Waals surface area contributed by atoms with Crippen LogP contribution in [-0.2, 0) is 6.54 Å². The SMILES string of the molecule is O=c1[nH]c(=O)n(Cc2ccc(I)cc2)cc1Br. The molecule has 1 aromatic heterocycles. The van der Waals surface area contributed by atoms with E-state index in [1.165, 1.54) is 10.8 Å². The molecule has 2 aromatic rings. The molecule has 0 saturated carbocycles. The van der Waals surface area contributed by atoms with Gasteiger partial charge in [0.25, 0.3) is 5.56 Å². The highest BCUT2D eigenvalue weighted by atomic mass is 127. The minimum absolute atomic E-state index is 0.350. The maximum atomic E-state index is 11.5. The van der Waals surface area contributed by atoms with Crippen LogP contribution in [0.15, 0.2) is 44.5 Å². The van der Waals surface area contributed by atoms with Crippen LogP contribution in [-0.4, -0.2) is 9.55 Å². The van der Waals surface area contributed by atoms with Crippen molar-refractivity contribution in [1.82, 2.24) is 9.55 Å². The van der Waals surface area contributed by atoms with E-state index in [4.69, 9.17) is 0 Å². The van der Waals surface area contributed by atoms with Gasteiger partial charge in [-0.1, -0.05) is 12.1 Å². The van der Waals surface area contributed by atoms with Gasteiger partial charge in [-0.3, -0.25) is 14.3 Å². The molecule has 0 atom stereocenters. The van der Waals surface area contributed by atoms with Crippen LogP contribution in [0.5, 0.6) is 0 Å². The Hall–Kier alpha value is -0.890. The molecule has 88 valence electrons. The maximum Gasteiger partial charge on any atom is 0.328 e. The highest BCUT2D eigenvalue weighted by molar-refractivity contribution is 14.1. The summed E-state index contributed by atoms with van der Waals surface area (Å²) in [6.07, 6.45) is 1.50. The second kappa shape index (κ2) is 5.18. The smallest absolute Gasteiger partial charge is 0.295 e. The minimum atomic E-state index is -0.408. The highest BCUT2D eigenvalue weighted by Crippen LogP contribution is 2.08. The molecule has 17 heavy (non-hydrogen) atoms. The molecule has 0 saturated heterocycles. The van der Waals surface area contributed by atoms with Crippen molar-refractivity contribution >= 4 is 38.5 Å². The molecule has 0 spiro atoms. The Labute approximate surface area is 119 Å². The van der Waals surface area contributed by atoms with Crippen molar-refractivity contribution in [3.05, 3.63) is 64.9 Å². The molecule has 1 aromatic carbocycles. The molecule has 0 amide bonds. The number of aromatic amines is 1. The molecule has 2 rings (SSSR count). The van der Waals surface area contributed by atoms with Crippen molar-refractivity contribution in [2.24, 2.45) is 0 Å². The molecular formula is C11H8BrIN2O2. The van der Waals surface area contributed by atoms with Crippen molar-refractivity contribution in [3.63, 3.8) is 0 Å². The fourth-order valence-electron chi connectivity index (χ4n) is 1.39. The van der Waals surface area contributed by atoms with Gasteiger partial charge in [0.05, 0.1) is 11.0 Å². The number of aromatic nitrogens is 2. The van der Waals surface area contributed by atoms with E-state index in [0.717, 1.165) is 9.13 Å². The monoisotopic (exact) mass is 406 g/mol. The number of nitrogens with zero attached hydrogens (tertiary/aromatic N) is 1. The third kappa shape index (κ3) is 3.06. The zero-order valence-electron chi connectivity index (χ0n) is 8.61. The normalized spacial score (nSPS) is 10.5. The Kier molecular flexibility index (Phi) is 3.82. The zero-order valence-corrected chi connectivity index (χ0v) is 12.4. The first kappa shape index (κ1) is 12.6. The predicted molar refractivity (Wildman–Crippen MR) is 77.3 cm³/mol. The number of nitrogens with one attached hydrogen (secondary N) is 1. The number of hydrogen-bond donors (Lipinski definition) is 1. The van der Waals surface area contributed by atoms with Gasteiger partial charge in [-0.05, 0) is 56.2 Å². The van der Waals surface area contributed by atoms with Gasteiger partial charge in [0.2, 0.25) is 0 Å². The summed E-state index contributed by atoms with van der Waals surface area (Å²) >= 11 is 5.32. The number of halogens is 2. The van der Waals surface area contributed by atoms with Gasteiger partial charge in [-0.15, -0.1) is 0 Å². The predicted octanol–water partition coefficient (Wildman–Crippen LogP) is 1.95. The van der Waals surface area contributed by atoms with Crippen molar-refractivity contribution in [2.45, 2.75) is 6.54 Å². The summed E-state index contributed by atoms with van der Waals surface area (Å²) in [5, 5.41) is 0. The Morgan fingerprint density at radius 2 is 1.88 bits per heavy atom. The van der Waals surface area contributed by atoms with E-state index < -0.39 is 11.2 Å². The molecule has 0 aliphatic heterocycles. The molecule has 0 bridgehead atoms. The lowest BCUT2D eigenvalue weighted by molar-refractivity contribution is 0.716. The lowest BCUT2D eigenvalue weighted by Crippen LogP contribution is -2.30. The van der Waals surface area contributed by atoms with Crippen LogP contribution in [0, 0.1) is 3.57 Å². The molecule has 0 fully saturated rings. The lowest BCUT2D eigenvalue weighted by Gasteiger charge is -2.05. The first-order valence-electron chi connectivity index (χ1n) is 4.80. The van der Waals surface area contributed by atoms with Gasteiger partial charge in [0, 0.05) is 9.77 Å². The lowest BCUT2D eigenvalue weighted by atomic mass is 10.2. The van der Waals surface area contributed by atoms with E-state index in [9.17, 15) is 9.59 Å². The topological polar surface area (TPSA) is 54.9 Å². The largest absolute Gasteiger partial charge is 0.328 e. The van der Waals surface area contributed by atoms with Gasteiger partial charge in [0.15, 0.2) is 0 Å². The van der Waals surface area contributed by atoms with Gasteiger partial charge >= 0.3 is 5.69 Å². The maximum absolute atomic E-state index is 11.5. The van der Waals surface area contributed by atoms with E-state index in [-0.39, 0.29) is 0 Å². The van der Waals surface area contributed by atoms with Gasteiger partial charge in [-0.25, -0.2) is 4.79 Å². The Morgan fingerprint density at radius 1 is 1.24 bits per heavy atom. The summed E-state index contributed by atoms with van der Waals surface area (Å²) < 4.78 is 2.94. The van der Waals surface area contributed by atoms with Crippen LogP contribution >= 0.6 is 38.5 Å². The molecule has 4 nitrogen and oxygen atoms in total. The van der Waals surface area contributed by atoms with E-state index in [0.29, 0.717) is 11.0 Å². The van der Waals surface area contributed by atoms with Gasteiger partial charge in [0.1, 0.15) is 0 Å². The van der Waals surface area contributed by atoms with Crippen molar-refractivity contribution in [2.75, 3.05) is 0 Å². The van der Waals surface area contributed by atoms with E-state index >= 15 is 0 Å². The summed E-state index contributed by atoms with van der Waals surface area (Å²) in [5.74, 6) is 0. The third-order valence-electron chi connectivity index (χ3n) is 2.23. The fourth-order valence-corrected chi connectivity index (χ4v) is 2.09. The number of rotatable bonds is 2. The quantitative estimate of drug-likeness (QED) is 0.775. The zero-order chi connectivity index (χ0) is 12.4. The van der Waals surface area contributed by atoms with Crippen LogP contribution in [0.25, 0.3) is 0 Å². The average molecular weight is 407 g/mol. The summed E-state index contributed by atoms with van der Waals surface area (Å²) in [4.78, 5) is 25.0. The molecule has 0 radical (unpaired) electrons. The number of H-pyrrole nitrogens is 1. The molecule has 0 unspecified atom stereocenters. The van der Waals surface area contributed by atoms with Crippen molar-refractivity contribution < 1.29 is 0 Å². The minimum Gasteiger partial charge on any atom is -0.295 e. The second-order valence-corrected chi connectivity index (χ2v) is 5.59. The van der Waals surface area contributed by atoms with Crippen molar-refractivity contribution in [1.29, 1.82) is 0 Å². The fraction of sp³-hybridized carbons (Fsp3) is 0.0909. The molecule has 6 heteroatoms. The summed E-state index contributed by atoms with van der Waals surface area (Å²) in [5.41, 5.74) is 0.192. The number of hydrogen-bond acceptors (Lipinski definition) is 2. The van der Waals surface area contributed by atoms with Crippen LogP contribution in [0.2, 0.25) is 0 Å². The molecular weight excluding hydrogens is 399 g/mol. The van der Waals surface area contributed by atoms with E-state index in [1.54, 1.807) is 0 Å². The second-order valence-electron chi connectivity index (χ2n) is 3.49. The van der Waals surface area contributed by atoms with Gasteiger partial charge < -0.3 is 0 Å². The average Bonchev–Trinajstić information content (AvgIpc) is 2.29. The summed E-state index contributed by atoms with van der Waals surface area (Å²) in [7, 11) is 0. The molecule has 0 aliphatic rings. The molecule has 1 N–H and O–H groups in total. The molecule has 1 heterocycles. The van der Waals surface area contributed by atoms with Crippen molar-refractivity contribution in [3.8, 4) is 0 Å². The first-order valence-corrected chi connectivity index (χ1v) is 6.67. The van der Waals surface area contributed by atoms with Gasteiger partial charge in [-0.2, -0.15) is 0 Å². The molecule has 0 aliphatic carbocycles. The van der Waals surface area contributed by atoms with Crippen LogP contribution < -0.4 is 11.2 Å². The Bertz CT molecular complexity index is 646. The third-order valence-corrected chi connectivity index (χ3v) is 3.52. The van der Waals surface area contributed by atoms with E-state index in [2.05, 4.69) is 43.5 Å². The summed E-state index contributed by atoms with van der Waals surface area (Å²) in [6.45, 7) is 0.436. The summed E-state index contributed by atoms with van der Waals surface area (Å²) in [6, 6.07) is 7.85. The first-order chi connectivity index (χ1) is 8.06. The highest BCUT2D eigenvalue weighted by Gasteiger charge is 2.02.